The number of carbonyl (C=O) groups is 1. The van der Waals surface area contributed by atoms with Gasteiger partial charge < -0.3 is 5.32 Å². The molecule has 1 aromatic rings. The van der Waals surface area contributed by atoms with Crippen LogP contribution in [0.4, 0.5) is 5.69 Å². The average molecular weight is 359 g/mol. The number of rotatable bonds is 16. The van der Waals surface area contributed by atoms with E-state index in [0.717, 1.165) is 18.5 Å². The van der Waals surface area contributed by atoms with Crippen LogP contribution in [0.2, 0.25) is 0 Å². The number of pyridine rings is 1. The number of aromatic nitrogens is 1. The second kappa shape index (κ2) is 16.8. The summed E-state index contributed by atoms with van der Waals surface area (Å²) in [6.07, 6.45) is 25.3. The molecule has 1 rings (SSSR count). The van der Waals surface area contributed by atoms with Crippen LogP contribution in [0.25, 0.3) is 0 Å². The summed E-state index contributed by atoms with van der Waals surface area (Å²) in [7, 11) is 0. The molecule has 0 spiro atoms. The van der Waals surface area contributed by atoms with Crippen molar-refractivity contribution in [2.24, 2.45) is 0 Å². The van der Waals surface area contributed by atoms with Crippen molar-refractivity contribution in [3.63, 3.8) is 0 Å². The van der Waals surface area contributed by atoms with Gasteiger partial charge in [-0.1, -0.05) is 70.4 Å². The maximum absolute atomic E-state index is 11.8. The van der Waals surface area contributed by atoms with Gasteiger partial charge in [0.15, 0.2) is 0 Å². The van der Waals surface area contributed by atoms with E-state index in [1.807, 2.05) is 12.1 Å². The highest BCUT2D eigenvalue weighted by atomic mass is 16.1. The largest absolute Gasteiger partial charge is 0.325 e. The molecule has 146 valence electrons. The van der Waals surface area contributed by atoms with Gasteiger partial charge in [-0.3, -0.25) is 9.78 Å². The van der Waals surface area contributed by atoms with Crippen molar-refractivity contribution < 1.29 is 4.79 Å². The molecular formula is C23H38N2O. The van der Waals surface area contributed by atoms with Crippen molar-refractivity contribution in [2.45, 2.75) is 96.8 Å². The summed E-state index contributed by atoms with van der Waals surface area (Å²) in [6, 6.07) is 3.70. The lowest BCUT2D eigenvalue weighted by Crippen LogP contribution is -2.11. The highest BCUT2D eigenvalue weighted by Crippen LogP contribution is 2.11. The molecular weight excluding hydrogens is 320 g/mol. The Morgan fingerprint density at radius 1 is 0.923 bits per heavy atom. The molecule has 0 fully saturated rings. The molecule has 0 aliphatic rings. The monoisotopic (exact) mass is 358 g/mol. The summed E-state index contributed by atoms with van der Waals surface area (Å²) in [5.41, 5.74) is 0.783. The van der Waals surface area contributed by atoms with Crippen molar-refractivity contribution >= 4 is 11.6 Å². The average Bonchev–Trinajstić information content (AvgIpc) is 2.65. The third kappa shape index (κ3) is 13.6. The first-order valence-electron chi connectivity index (χ1n) is 10.7. The molecule has 26 heavy (non-hydrogen) atoms. The second-order valence-corrected chi connectivity index (χ2v) is 7.12. The molecule has 0 atom stereocenters. The number of hydrogen-bond donors (Lipinski definition) is 1. The summed E-state index contributed by atoms with van der Waals surface area (Å²) >= 11 is 0. The minimum atomic E-state index is 0.0932. The first-order chi connectivity index (χ1) is 12.8. The van der Waals surface area contributed by atoms with E-state index in [4.69, 9.17) is 0 Å². The zero-order valence-corrected chi connectivity index (χ0v) is 16.7. The van der Waals surface area contributed by atoms with Gasteiger partial charge in [0.05, 0.1) is 11.9 Å². The maximum Gasteiger partial charge on any atom is 0.224 e. The Morgan fingerprint density at radius 3 is 2.15 bits per heavy atom. The molecule has 1 amide bonds. The predicted molar refractivity (Wildman–Crippen MR) is 112 cm³/mol. The Morgan fingerprint density at radius 2 is 1.54 bits per heavy atom. The van der Waals surface area contributed by atoms with Crippen molar-refractivity contribution in [2.75, 3.05) is 5.32 Å². The Balaban J connectivity index is 1.83. The fourth-order valence-electron chi connectivity index (χ4n) is 3.02. The van der Waals surface area contributed by atoms with Crippen LogP contribution >= 0.6 is 0 Å². The van der Waals surface area contributed by atoms with Crippen molar-refractivity contribution in [1.82, 2.24) is 4.98 Å². The Hall–Kier alpha value is -1.64. The molecule has 0 bridgehead atoms. The quantitative estimate of drug-likeness (QED) is 0.254. The third-order valence-electron chi connectivity index (χ3n) is 4.61. The van der Waals surface area contributed by atoms with Crippen LogP contribution in [-0.2, 0) is 4.79 Å². The van der Waals surface area contributed by atoms with E-state index >= 15 is 0 Å². The van der Waals surface area contributed by atoms with Crippen LogP contribution in [0.15, 0.2) is 36.7 Å². The standard InChI is InChI=1S/C23H38N2O/c1-2-3-4-5-6-7-8-9-10-11-12-13-14-15-16-19-23(26)25-22-18-17-20-24-21-22/h9-10,17-18,20-21H,2-8,11-16,19H2,1H3,(H,25,26)/b10-9-. The van der Waals surface area contributed by atoms with Crippen molar-refractivity contribution in [3.05, 3.63) is 36.7 Å². The number of amides is 1. The fourth-order valence-corrected chi connectivity index (χ4v) is 3.02. The summed E-state index contributed by atoms with van der Waals surface area (Å²) < 4.78 is 0. The lowest BCUT2D eigenvalue weighted by molar-refractivity contribution is -0.116. The van der Waals surface area contributed by atoms with Gasteiger partial charge in [-0.2, -0.15) is 0 Å². The number of unbranched alkanes of at least 4 members (excludes halogenated alkanes) is 11. The minimum Gasteiger partial charge on any atom is -0.325 e. The molecule has 0 unspecified atom stereocenters. The van der Waals surface area contributed by atoms with Gasteiger partial charge in [0, 0.05) is 12.6 Å². The van der Waals surface area contributed by atoms with Crippen LogP contribution in [0.1, 0.15) is 96.8 Å². The van der Waals surface area contributed by atoms with E-state index in [9.17, 15) is 4.79 Å². The van der Waals surface area contributed by atoms with Crippen LogP contribution in [0.5, 0.6) is 0 Å². The molecule has 0 saturated heterocycles. The maximum atomic E-state index is 11.8. The van der Waals surface area contributed by atoms with Crippen LogP contribution in [-0.4, -0.2) is 10.9 Å². The lowest BCUT2D eigenvalue weighted by Gasteiger charge is -2.04. The number of carbonyl (C=O) groups excluding carboxylic acids is 1. The van der Waals surface area contributed by atoms with E-state index in [2.05, 4.69) is 29.4 Å². The smallest absolute Gasteiger partial charge is 0.224 e. The number of nitrogens with zero attached hydrogens (tertiary/aromatic N) is 1. The minimum absolute atomic E-state index is 0.0932. The molecule has 1 aromatic heterocycles. The molecule has 0 aliphatic carbocycles. The van der Waals surface area contributed by atoms with Crippen LogP contribution in [0, 0.1) is 0 Å². The highest BCUT2D eigenvalue weighted by Gasteiger charge is 2.01. The molecule has 0 aliphatic heterocycles. The first kappa shape index (κ1) is 22.4. The van der Waals surface area contributed by atoms with Crippen molar-refractivity contribution in [1.29, 1.82) is 0 Å². The third-order valence-corrected chi connectivity index (χ3v) is 4.61. The van der Waals surface area contributed by atoms with Gasteiger partial charge in [-0.15, -0.1) is 0 Å². The molecule has 0 radical (unpaired) electrons. The molecule has 1 N–H and O–H groups in total. The van der Waals surface area contributed by atoms with E-state index < -0.39 is 0 Å². The Labute approximate surface area is 160 Å². The van der Waals surface area contributed by atoms with Crippen molar-refractivity contribution in [3.8, 4) is 0 Å². The number of hydrogen-bond acceptors (Lipinski definition) is 2. The Kier molecular flexibility index (Phi) is 14.5. The molecule has 1 heterocycles. The van der Waals surface area contributed by atoms with E-state index in [1.54, 1.807) is 12.4 Å². The van der Waals surface area contributed by atoms with Crippen LogP contribution in [0.3, 0.4) is 0 Å². The summed E-state index contributed by atoms with van der Waals surface area (Å²) in [6.45, 7) is 2.27. The van der Waals surface area contributed by atoms with Crippen LogP contribution < -0.4 is 5.32 Å². The number of nitrogens with one attached hydrogen (secondary N) is 1. The Bertz CT molecular complexity index is 470. The molecule has 0 aromatic carbocycles. The fraction of sp³-hybridized carbons (Fsp3) is 0.652. The molecule has 3 heteroatoms. The SMILES string of the molecule is CCCCCCCC/C=C\CCCCCCCC(=O)Nc1cccnc1. The number of allylic oxidation sites excluding steroid dienone is 2. The predicted octanol–water partition coefficient (Wildman–Crippen LogP) is 7.06. The lowest BCUT2D eigenvalue weighted by atomic mass is 10.1. The van der Waals surface area contributed by atoms with Gasteiger partial charge in [0.25, 0.3) is 0 Å². The van der Waals surface area contributed by atoms with E-state index in [0.29, 0.717) is 6.42 Å². The summed E-state index contributed by atoms with van der Waals surface area (Å²) in [5.74, 6) is 0.0932. The summed E-state index contributed by atoms with van der Waals surface area (Å²) in [4.78, 5) is 15.8. The highest BCUT2D eigenvalue weighted by molar-refractivity contribution is 5.90. The van der Waals surface area contributed by atoms with Gasteiger partial charge in [-0.25, -0.2) is 0 Å². The van der Waals surface area contributed by atoms with Gasteiger partial charge >= 0.3 is 0 Å². The van der Waals surface area contributed by atoms with Gasteiger partial charge in [0.1, 0.15) is 0 Å². The topological polar surface area (TPSA) is 42.0 Å². The van der Waals surface area contributed by atoms with Gasteiger partial charge in [-0.05, 0) is 44.2 Å². The normalized spacial score (nSPS) is 11.1. The van der Waals surface area contributed by atoms with E-state index in [-0.39, 0.29) is 5.91 Å². The number of anilines is 1. The first-order valence-corrected chi connectivity index (χ1v) is 10.7. The molecule has 0 saturated carbocycles. The van der Waals surface area contributed by atoms with E-state index in [1.165, 1.54) is 70.6 Å². The second-order valence-electron chi connectivity index (χ2n) is 7.12. The molecule has 3 nitrogen and oxygen atoms in total. The zero-order chi connectivity index (χ0) is 18.7. The summed E-state index contributed by atoms with van der Waals surface area (Å²) in [5, 5.41) is 2.88. The van der Waals surface area contributed by atoms with Gasteiger partial charge in [0.2, 0.25) is 5.91 Å². The zero-order valence-electron chi connectivity index (χ0n) is 16.7.